The van der Waals surface area contributed by atoms with E-state index in [0.717, 1.165) is 0 Å². The first-order valence-electron chi connectivity index (χ1n) is 6.80. The highest BCUT2D eigenvalue weighted by atomic mass is 16.5. The van der Waals surface area contributed by atoms with E-state index in [9.17, 15) is 10.1 Å². The van der Waals surface area contributed by atoms with Gasteiger partial charge in [-0.05, 0) is 31.0 Å². The summed E-state index contributed by atoms with van der Waals surface area (Å²) < 4.78 is 10.8. The van der Waals surface area contributed by atoms with Crippen LogP contribution in [0.15, 0.2) is 22.6 Å². The Labute approximate surface area is 128 Å². The molecular formula is C16H16N2O4. The van der Waals surface area contributed by atoms with Crippen molar-refractivity contribution >= 4 is 5.97 Å². The Hall–Kier alpha value is -2.81. The lowest BCUT2D eigenvalue weighted by atomic mass is 10.1. The maximum atomic E-state index is 11.0. The summed E-state index contributed by atoms with van der Waals surface area (Å²) in [5, 5.41) is 18.2. The van der Waals surface area contributed by atoms with Crippen LogP contribution in [0.25, 0.3) is 11.5 Å². The minimum absolute atomic E-state index is 0.168. The SMILES string of the molecule is Cc1nc(-c2ccc(OCC(C)C)c(C#N)c2)oc1C(=O)O. The van der Waals surface area contributed by atoms with E-state index >= 15 is 0 Å². The molecule has 0 bridgehead atoms. The van der Waals surface area contributed by atoms with Crippen LogP contribution in [-0.4, -0.2) is 22.7 Å². The predicted octanol–water partition coefficient (Wildman–Crippen LogP) is 3.25. The van der Waals surface area contributed by atoms with Crippen LogP contribution in [0, 0.1) is 24.2 Å². The highest BCUT2D eigenvalue weighted by Crippen LogP contribution is 2.27. The molecular weight excluding hydrogens is 284 g/mol. The van der Waals surface area contributed by atoms with Crippen LogP contribution in [0.3, 0.4) is 0 Å². The van der Waals surface area contributed by atoms with Gasteiger partial charge in [0.2, 0.25) is 11.7 Å². The zero-order valence-electron chi connectivity index (χ0n) is 12.6. The Morgan fingerprint density at radius 2 is 2.23 bits per heavy atom. The molecule has 0 atom stereocenters. The molecule has 1 N–H and O–H groups in total. The van der Waals surface area contributed by atoms with E-state index in [0.29, 0.717) is 35.1 Å². The van der Waals surface area contributed by atoms with Crippen molar-refractivity contribution in [2.75, 3.05) is 6.61 Å². The number of carboxylic acid groups (broad SMARTS) is 1. The third-order valence-corrected chi connectivity index (χ3v) is 2.91. The Morgan fingerprint density at radius 3 is 2.77 bits per heavy atom. The van der Waals surface area contributed by atoms with E-state index < -0.39 is 5.97 Å². The van der Waals surface area contributed by atoms with Crippen LogP contribution >= 0.6 is 0 Å². The molecule has 0 saturated heterocycles. The zero-order chi connectivity index (χ0) is 16.3. The molecule has 0 aliphatic carbocycles. The number of oxazole rings is 1. The highest BCUT2D eigenvalue weighted by molar-refractivity contribution is 5.86. The van der Waals surface area contributed by atoms with Gasteiger partial charge in [0.1, 0.15) is 11.8 Å². The number of rotatable bonds is 5. The standard InChI is InChI=1S/C16H16N2O4/c1-9(2)8-21-13-5-4-11(6-12(13)7-17)15-18-10(3)14(22-15)16(19)20/h4-6,9H,8H2,1-3H3,(H,19,20). The minimum atomic E-state index is -1.17. The number of carboxylic acids is 1. The lowest BCUT2D eigenvalue weighted by molar-refractivity contribution is 0.0662. The smallest absolute Gasteiger partial charge is 0.373 e. The number of hydrogen-bond donors (Lipinski definition) is 1. The molecule has 2 aromatic rings. The second kappa shape index (κ2) is 6.31. The maximum absolute atomic E-state index is 11.0. The molecule has 0 aliphatic heterocycles. The molecule has 6 nitrogen and oxygen atoms in total. The normalized spacial score (nSPS) is 10.5. The number of hydrogen-bond acceptors (Lipinski definition) is 5. The fourth-order valence-electron chi connectivity index (χ4n) is 1.85. The van der Waals surface area contributed by atoms with Gasteiger partial charge in [-0.15, -0.1) is 0 Å². The zero-order valence-corrected chi connectivity index (χ0v) is 12.6. The van der Waals surface area contributed by atoms with E-state index in [1.54, 1.807) is 25.1 Å². The molecule has 0 aliphatic rings. The Balaban J connectivity index is 2.35. The van der Waals surface area contributed by atoms with Crippen molar-refractivity contribution in [3.05, 3.63) is 35.2 Å². The molecule has 0 saturated carbocycles. The molecule has 1 aromatic carbocycles. The Kier molecular flexibility index (Phi) is 4.47. The summed E-state index contributed by atoms with van der Waals surface area (Å²) in [6, 6.07) is 6.99. The minimum Gasteiger partial charge on any atom is -0.492 e. The van der Waals surface area contributed by atoms with Crippen molar-refractivity contribution in [3.8, 4) is 23.3 Å². The van der Waals surface area contributed by atoms with Crippen LogP contribution in [0.2, 0.25) is 0 Å². The lowest BCUT2D eigenvalue weighted by Gasteiger charge is -2.10. The molecule has 0 radical (unpaired) electrons. The molecule has 0 fully saturated rings. The van der Waals surface area contributed by atoms with Crippen molar-refractivity contribution in [3.63, 3.8) is 0 Å². The fraction of sp³-hybridized carbons (Fsp3) is 0.312. The summed E-state index contributed by atoms with van der Waals surface area (Å²) in [4.78, 5) is 15.1. The molecule has 1 aromatic heterocycles. The Morgan fingerprint density at radius 1 is 1.50 bits per heavy atom. The summed E-state index contributed by atoms with van der Waals surface area (Å²) in [5.74, 6) is -0.371. The number of nitrogens with zero attached hydrogens (tertiary/aromatic N) is 2. The van der Waals surface area contributed by atoms with Crippen molar-refractivity contribution < 1.29 is 19.1 Å². The third-order valence-electron chi connectivity index (χ3n) is 2.91. The maximum Gasteiger partial charge on any atom is 0.373 e. The van der Waals surface area contributed by atoms with Gasteiger partial charge in [0.15, 0.2) is 0 Å². The molecule has 6 heteroatoms. The van der Waals surface area contributed by atoms with Crippen molar-refractivity contribution in [2.45, 2.75) is 20.8 Å². The van der Waals surface area contributed by atoms with E-state index in [1.807, 2.05) is 13.8 Å². The van der Waals surface area contributed by atoms with E-state index in [2.05, 4.69) is 11.1 Å². The van der Waals surface area contributed by atoms with Gasteiger partial charge in [-0.2, -0.15) is 5.26 Å². The highest BCUT2D eigenvalue weighted by Gasteiger charge is 2.18. The number of aromatic nitrogens is 1. The van der Waals surface area contributed by atoms with Gasteiger partial charge >= 0.3 is 5.97 Å². The van der Waals surface area contributed by atoms with Gasteiger partial charge in [0.25, 0.3) is 0 Å². The van der Waals surface area contributed by atoms with E-state index in [4.69, 9.17) is 14.3 Å². The van der Waals surface area contributed by atoms with Crippen molar-refractivity contribution in [1.29, 1.82) is 5.26 Å². The molecule has 114 valence electrons. The number of nitriles is 1. The van der Waals surface area contributed by atoms with E-state index in [-0.39, 0.29) is 11.7 Å². The van der Waals surface area contributed by atoms with Gasteiger partial charge < -0.3 is 14.3 Å². The second-order valence-electron chi connectivity index (χ2n) is 5.27. The summed E-state index contributed by atoms with van der Waals surface area (Å²) >= 11 is 0. The fourth-order valence-corrected chi connectivity index (χ4v) is 1.85. The van der Waals surface area contributed by atoms with Gasteiger partial charge in [-0.3, -0.25) is 0 Å². The molecule has 22 heavy (non-hydrogen) atoms. The summed E-state index contributed by atoms with van der Waals surface area (Å²) in [5.41, 5.74) is 1.18. The molecule has 0 unspecified atom stereocenters. The first kappa shape index (κ1) is 15.6. The average Bonchev–Trinajstić information content (AvgIpc) is 2.87. The van der Waals surface area contributed by atoms with Crippen LogP contribution in [0.4, 0.5) is 0 Å². The van der Waals surface area contributed by atoms with Crippen LogP contribution in [0.1, 0.15) is 35.7 Å². The average molecular weight is 300 g/mol. The van der Waals surface area contributed by atoms with Gasteiger partial charge in [0, 0.05) is 5.56 Å². The third kappa shape index (κ3) is 3.26. The number of aromatic carboxylic acids is 1. The number of benzene rings is 1. The summed E-state index contributed by atoms with van der Waals surface area (Å²) in [7, 11) is 0. The number of carbonyl (C=O) groups is 1. The summed E-state index contributed by atoms with van der Waals surface area (Å²) in [6.07, 6.45) is 0. The van der Waals surface area contributed by atoms with E-state index in [1.165, 1.54) is 0 Å². The van der Waals surface area contributed by atoms with Crippen LogP contribution in [0.5, 0.6) is 5.75 Å². The Bertz CT molecular complexity index is 741. The van der Waals surface area contributed by atoms with Gasteiger partial charge in [-0.25, -0.2) is 9.78 Å². The van der Waals surface area contributed by atoms with Gasteiger partial charge in [-0.1, -0.05) is 13.8 Å². The van der Waals surface area contributed by atoms with Crippen molar-refractivity contribution in [1.82, 2.24) is 4.98 Å². The summed E-state index contributed by atoms with van der Waals surface area (Å²) in [6.45, 7) is 6.10. The number of ether oxygens (including phenoxy) is 1. The predicted molar refractivity (Wildman–Crippen MR) is 78.7 cm³/mol. The molecule has 1 heterocycles. The largest absolute Gasteiger partial charge is 0.492 e. The first-order chi connectivity index (χ1) is 10.4. The van der Waals surface area contributed by atoms with Crippen molar-refractivity contribution in [2.24, 2.45) is 5.92 Å². The molecule has 0 spiro atoms. The number of aryl methyl sites for hydroxylation is 1. The van der Waals surface area contributed by atoms with Gasteiger partial charge in [0.05, 0.1) is 17.9 Å². The molecule has 2 rings (SSSR count). The molecule has 0 amide bonds. The second-order valence-corrected chi connectivity index (χ2v) is 5.27. The lowest BCUT2D eigenvalue weighted by Crippen LogP contribution is -2.05. The first-order valence-corrected chi connectivity index (χ1v) is 6.80. The topological polar surface area (TPSA) is 96.4 Å². The quantitative estimate of drug-likeness (QED) is 0.910. The van der Waals surface area contributed by atoms with Crippen LogP contribution in [-0.2, 0) is 0 Å². The monoisotopic (exact) mass is 300 g/mol. The van der Waals surface area contributed by atoms with Crippen LogP contribution < -0.4 is 4.74 Å².